The van der Waals surface area contributed by atoms with E-state index >= 15 is 0 Å². The fourth-order valence-electron chi connectivity index (χ4n) is 4.45. The minimum absolute atomic E-state index is 0.291. The smallest absolute Gasteiger partial charge is 0.468 e. The van der Waals surface area contributed by atoms with E-state index < -0.39 is 53.5 Å². The van der Waals surface area contributed by atoms with Crippen LogP contribution in [0.5, 0.6) is 0 Å². The fourth-order valence-corrected chi connectivity index (χ4v) is 4.45. The van der Waals surface area contributed by atoms with E-state index in [0.29, 0.717) is 25.3 Å². The van der Waals surface area contributed by atoms with Crippen molar-refractivity contribution in [3.8, 4) is 0 Å². The lowest BCUT2D eigenvalue weighted by atomic mass is 9.74. The molecule has 14 heteroatoms. The molecule has 0 aliphatic carbocycles. The number of halogens is 5. The van der Waals surface area contributed by atoms with Crippen LogP contribution in [0, 0.1) is 18.6 Å². The van der Waals surface area contributed by atoms with Crippen molar-refractivity contribution in [2.24, 2.45) is 0 Å². The first-order chi connectivity index (χ1) is 20.9. The predicted molar refractivity (Wildman–Crippen MR) is 161 cm³/mol. The first kappa shape index (κ1) is 38.0. The second-order valence-electron chi connectivity index (χ2n) is 11.2. The molecule has 2 N–H and O–H groups in total. The van der Waals surface area contributed by atoms with Gasteiger partial charge in [0.1, 0.15) is 29.8 Å². The van der Waals surface area contributed by atoms with Gasteiger partial charge in [0.05, 0.1) is 31.5 Å². The average molecular weight is 644 g/mol. The van der Waals surface area contributed by atoms with Crippen LogP contribution in [0.4, 0.5) is 27.6 Å². The largest absolute Gasteiger partial charge is 0.495 e. The number of nitrogens with one attached hydrogen (secondary N) is 2. The Morgan fingerprint density at radius 2 is 1.53 bits per heavy atom. The summed E-state index contributed by atoms with van der Waals surface area (Å²) in [6, 6.07) is 3.41. The van der Waals surface area contributed by atoms with Gasteiger partial charge in [0.25, 0.3) is 5.91 Å². The molecule has 250 valence electrons. The highest BCUT2D eigenvalue weighted by atomic mass is 19.4. The third kappa shape index (κ3) is 9.17. The Morgan fingerprint density at radius 3 is 2.02 bits per heavy atom. The minimum atomic E-state index is -4.60. The Hall–Kier alpha value is -3.23. The van der Waals surface area contributed by atoms with Gasteiger partial charge in [-0.3, -0.25) is 9.59 Å². The molecule has 1 unspecified atom stereocenters. The SMILES string of the molecule is CC.CCC(Nc1cc(F)c(C(=O)NCC(=O)OC)c(F)c1)C(F)(F)F.Cc1ccc(B2OC(C)(C)C(C)(C)O2)c2c1COC2. The number of amides is 1. The summed E-state index contributed by atoms with van der Waals surface area (Å²) in [5.74, 6) is -4.79. The van der Waals surface area contributed by atoms with Crippen molar-refractivity contribution in [1.82, 2.24) is 5.32 Å². The zero-order chi connectivity index (χ0) is 34.3. The molecular formula is C31H42BF5N2O6. The number of ether oxygens (including phenoxy) is 2. The second-order valence-corrected chi connectivity index (χ2v) is 11.2. The molecule has 2 aliphatic heterocycles. The van der Waals surface area contributed by atoms with Gasteiger partial charge in [-0.2, -0.15) is 13.2 Å². The summed E-state index contributed by atoms with van der Waals surface area (Å²) in [5.41, 5.74) is 2.89. The van der Waals surface area contributed by atoms with Gasteiger partial charge < -0.3 is 29.4 Å². The van der Waals surface area contributed by atoms with Crippen LogP contribution < -0.4 is 16.1 Å². The van der Waals surface area contributed by atoms with Gasteiger partial charge in [-0.1, -0.05) is 32.9 Å². The summed E-state index contributed by atoms with van der Waals surface area (Å²) >= 11 is 0. The number of rotatable bonds is 7. The van der Waals surface area contributed by atoms with Gasteiger partial charge in [0, 0.05) is 5.69 Å². The lowest BCUT2D eigenvalue weighted by Crippen LogP contribution is -2.41. The molecule has 1 amide bonds. The van der Waals surface area contributed by atoms with Crippen molar-refractivity contribution in [2.45, 2.75) is 98.4 Å². The van der Waals surface area contributed by atoms with Crippen LogP contribution >= 0.6 is 0 Å². The maximum atomic E-state index is 13.9. The Balaban J connectivity index is 0.000000303. The first-order valence-corrected chi connectivity index (χ1v) is 14.6. The summed E-state index contributed by atoms with van der Waals surface area (Å²) in [6.07, 6.45) is -4.95. The van der Waals surface area contributed by atoms with E-state index in [4.69, 9.17) is 14.0 Å². The molecule has 4 rings (SSSR count). The average Bonchev–Trinajstić information content (AvgIpc) is 3.53. The molecule has 1 atom stereocenters. The lowest BCUT2D eigenvalue weighted by Gasteiger charge is -2.32. The van der Waals surface area contributed by atoms with Gasteiger partial charge in [0.15, 0.2) is 0 Å². The second kappa shape index (κ2) is 15.4. The molecule has 45 heavy (non-hydrogen) atoms. The predicted octanol–water partition coefficient (Wildman–Crippen LogP) is 5.97. The van der Waals surface area contributed by atoms with E-state index in [1.54, 1.807) is 0 Å². The quantitative estimate of drug-likeness (QED) is 0.218. The highest BCUT2D eigenvalue weighted by molar-refractivity contribution is 6.62. The van der Waals surface area contributed by atoms with Crippen LogP contribution in [0.3, 0.4) is 0 Å². The minimum Gasteiger partial charge on any atom is -0.468 e. The van der Waals surface area contributed by atoms with Crippen molar-refractivity contribution in [1.29, 1.82) is 0 Å². The maximum absolute atomic E-state index is 13.9. The molecule has 0 spiro atoms. The number of hydrogen-bond donors (Lipinski definition) is 2. The summed E-state index contributed by atoms with van der Waals surface area (Å²) in [7, 11) is 0.766. The maximum Gasteiger partial charge on any atom is 0.495 e. The normalized spacial score (nSPS) is 16.8. The van der Waals surface area contributed by atoms with E-state index in [0.717, 1.165) is 12.6 Å². The van der Waals surface area contributed by atoms with Crippen LogP contribution in [-0.2, 0) is 36.8 Å². The van der Waals surface area contributed by atoms with E-state index in [1.807, 2.05) is 24.5 Å². The Labute approximate surface area is 261 Å². The molecule has 1 fully saturated rings. The van der Waals surface area contributed by atoms with Crippen LogP contribution in [0.15, 0.2) is 24.3 Å². The van der Waals surface area contributed by atoms with E-state index in [-0.39, 0.29) is 24.7 Å². The van der Waals surface area contributed by atoms with E-state index in [9.17, 15) is 31.5 Å². The number of aryl methyl sites for hydroxylation is 1. The molecule has 8 nitrogen and oxygen atoms in total. The van der Waals surface area contributed by atoms with Gasteiger partial charge in [0.2, 0.25) is 0 Å². The molecule has 0 bridgehead atoms. The highest BCUT2D eigenvalue weighted by Gasteiger charge is 2.52. The zero-order valence-electron chi connectivity index (χ0n) is 27.1. The van der Waals surface area contributed by atoms with Gasteiger partial charge in [-0.05, 0) is 75.3 Å². The van der Waals surface area contributed by atoms with Crippen molar-refractivity contribution in [3.05, 3.63) is 58.2 Å². The fraction of sp³-hybridized carbons (Fsp3) is 0.548. The Bertz CT molecular complexity index is 1310. The third-order valence-electron chi connectivity index (χ3n) is 7.74. The third-order valence-corrected chi connectivity index (χ3v) is 7.74. The van der Waals surface area contributed by atoms with Crippen molar-refractivity contribution < 1.29 is 50.3 Å². The van der Waals surface area contributed by atoms with Gasteiger partial charge in [-0.25, -0.2) is 8.78 Å². The summed E-state index contributed by atoms with van der Waals surface area (Å²) in [5, 5.41) is 3.90. The molecule has 1 saturated heterocycles. The van der Waals surface area contributed by atoms with Gasteiger partial charge in [-0.15, -0.1) is 0 Å². The van der Waals surface area contributed by atoms with E-state index in [1.165, 1.54) is 23.6 Å². The number of esters is 1. The number of anilines is 1. The molecule has 2 aliphatic rings. The number of methoxy groups -OCH3 is 1. The number of carbonyl (C=O) groups excluding carboxylic acids is 2. The Morgan fingerprint density at radius 1 is 1.00 bits per heavy atom. The molecule has 0 aromatic heterocycles. The number of alkyl halides is 3. The molecular weight excluding hydrogens is 602 g/mol. The number of hydrogen-bond acceptors (Lipinski definition) is 7. The van der Waals surface area contributed by atoms with Crippen LogP contribution in [0.2, 0.25) is 0 Å². The van der Waals surface area contributed by atoms with Crippen molar-refractivity contribution >= 4 is 30.1 Å². The summed E-state index contributed by atoms with van der Waals surface area (Å²) in [6.45, 7) is 16.5. The monoisotopic (exact) mass is 644 g/mol. The number of fused-ring (bicyclic) bond motifs is 1. The molecule has 2 aromatic rings. The Kier molecular flexibility index (Phi) is 13.0. The first-order valence-electron chi connectivity index (χ1n) is 14.6. The van der Waals surface area contributed by atoms with Gasteiger partial charge >= 0.3 is 19.3 Å². The molecule has 0 radical (unpaired) electrons. The zero-order valence-corrected chi connectivity index (χ0v) is 27.1. The standard InChI is InChI=1S/C15H21BO3.C14H15F5N2O3.C2H6/c1-10-6-7-13(12-9-17-8-11(10)12)16-18-14(2,3)15(4,5)19-16;1-3-10(14(17,18)19)21-7-4-8(15)12(9(16)5-7)13(23)20-6-11(22)24-2;1-2/h6-7H,8-9H2,1-5H3;4-5,10,21H,3,6H2,1-2H3,(H,20,23);1-2H3. The molecule has 2 aromatic carbocycles. The van der Waals surface area contributed by atoms with Crippen molar-refractivity contribution in [2.75, 3.05) is 19.0 Å². The number of benzene rings is 2. The lowest BCUT2D eigenvalue weighted by molar-refractivity contribution is -0.143. The van der Waals surface area contributed by atoms with Crippen LogP contribution in [-0.4, -0.2) is 56.1 Å². The summed E-state index contributed by atoms with van der Waals surface area (Å²) in [4.78, 5) is 22.5. The number of carbonyl (C=O) groups is 2. The summed E-state index contributed by atoms with van der Waals surface area (Å²) < 4.78 is 87.9. The van der Waals surface area contributed by atoms with Crippen molar-refractivity contribution in [3.63, 3.8) is 0 Å². The van der Waals surface area contributed by atoms with E-state index in [2.05, 4.69) is 51.5 Å². The topological polar surface area (TPSA) is 95.1 Å². The highest BCUT2D eigenvalue weighted by Crippen LogP contribution is 2.37. The molecule has 2 heterocycles. The molecule has 0 saturated carbocycles. The van der Waals surface area contributed by atoms with Crippen LogP contribution in [0.25, 0.3) is 0 Å². The van der Waals surface area contributed by atoms with Crippen LogP contribution in [0.1, 0.15) is 81.9 Å².